The third-order valence-corrected chi connectivity index (χ3v) is 7.22. The molecule has 1 aliphatic rings. The van der Waals surface area contributed by atoms with E-state index in [1.165, 1.54) is 15.6 Å². The van der Waals surface area contributed by atoms with Crippen molar-refractivity contribution < 1.29 is 8.42 Å². The summed E-state index contributed by atoms with van der Waals surface area (Å²) in [5, 5.41) is 3.24. The van der Waals surface area contributed by atoms with Gasteiger partial charge in [0.25, 0.3) is 10.0 Å². The molecule has 8 heteroatoms. The van der Waals surface area contributed by atoms with Crippen molar-refractivity contribution in [2.75, 3.05) is 16.2 Å². The Morgan fingerprint density at radius 1 is 1.15 bits per heavy atom. The molecule has 0 saturated carbocycles. The predicted octanol–water partition coefficient (Wildman–Crippen LogP) is 4.16. The lowest BCUT2D eigenvalue weighted by molar-refractivity contribution is 0.592. The summed E-state index contributed by atoms with van der Waals surface area (Å²) in [5.74, 6) is 0. The minimum Gasteiger partial charge on any atom is -0.380 e. The smallest absolute Gasteiger partial charge is 0.264 e. The number of aromatic nitrogens is 1. The lowest BCUT2D eigenvalue weighted by Crippen LogP contribution is -2.29. The van der Waals surface area contributed by atoms with Gasteiger partial charge in [0, 0.05) is 23.3 Å². The van der Waals surface area contributed by atoms with E-state index in [-0.39, 0.29) is 0 Å². The number of hydrogen-bond acceptors (Lipinski definition) is 5. The molecular weight excluding hydrogens is 390 g/mol. The highest BCUT2D eigenvalue weighted by Gasteiger charge is 2.30. The van der Waals surface area contributed by atoms with Crippen LogP contribution in [0.5, 0.6) is 0 Å². The van der Waals surface area contributed by atoms with Gasteiger partial charge in [0.1, 0.15) is 0 Å². The second-order valence-electron chi connectivity index (χ2n) is 5.91. The second kappa shape index (κ2) is 6.90. The summed E-state index contributed by atoms with van der Waals surface area (Å²) in [6.45, 7) is 1.07. The maximum Gasteiger partial charge on any atom is 0.264 e. The minimum absolute atomic E-state index is 0.292. The molecule has 1 N–H and O–H groups in total. The average molecular weight is 406 g/mol. The number of nitrogens with one attached hydrogen (secondary N) is 1. The van der Waals surface area contributed by atoms with E-state index in [2.05, 4.69) is 10.3 Å². The molecule has 0 bridgehead atoms. The van der Waals surface area contributed by atoms with Crippen molar-refractivity contribution in [3.05, 3.63) is 69.6 Å². The summed E-state index contributed by atoms with van der Waals surface area (Å²) >= 11 is 7.23. The Morgan fingerprint density at radius 2 is 1.92 bits per heavy atom. The Morgan fingerprint density at radius 3 is 2.65 bits per heavy atom. The van der Waals surface area contributed by atoms with Crippen LogP contribution in [0.4, 0.5) is 11.4 Å². The number of nitrogens with zero attached hydrogens (tertiary/aromatic N) is 2. The van der Waals surface area contributed by atoms with E-state index in [0.29, 0.717) is 22.5 Å². The van der Waals surface area contributed by atoms with Crippen molar-refractivity contribution in [2.24, 2.45) is 0 Å². The molecule has 2 heterocycles. The topological polar surface area (TPSA) is 62.3 Å². The van der Waals surface area contributed by atoms with E-state index in [4.69, 9.17) is 11.6 Å². The monoisotopic (exact) mass is 405 g/mol. The largest absolute Gasteiger partial charge is 0.380 e. The highest BCUT2D eigenvalue weighted by molar-refractivity contribution is 7.92. The molecule has 1 aliphatic heterocycles. The number of anilines is 2. The number of thiazole rings is 1. The zero-order valence-electron chi connectivity index (χ0n) is 13.7. The van der Waals surface area contributed by atoms with Gasteiger partial charge in [0.2, 0.25) is 0 Å². The van der Waals surface area contributed by atoms with Crippen molar-refractivity contribution >= 4 is 44.3 Å². The Balaban J connectivity index is 1.51. The first-order valence-electron chi connectivity index (χ1n) is 8.09. The van der Waals surface area contributed by atoms with Crippen LogP contribution >= 0.6 is 22.9 Å². The van der Waals surface area contributed by atoms with Crippen LogP contribution in [-0.2, 0) is 23.0 Å². The fourth-order valence-corrected chi connectivity index (χ4v) is 5.40. The van der Waals surface area contributed by atoms with E-state index < -0.39 is 10.0 Å². The molecule has 0 aliphatic carbocycles. The summed E-state index contributed by atoms with van der Waals surface area (Å²) in [5.41, 5.74) is 2.68. The van der Waals surface area contributed by atoms with Crippen molar-refractivity contribution in [3.8, 4) is 0 Å². The van der Waals surface area contributed by atoms with Crippen LogP contribution in [0, 0.1) is 0 Å². The van der Waals surface area contributed by atoms with E-state index in [1.807, 2.05) is 24.3 Å². The highest BCUT2D eigenvalue weighted by Crippen LogP contribution is 2.32. The van der Waals surface area contributed by atoms with Gasteiger partial charge in [-0.3, -0.25) is 4.31 Å². The van der Waals surface area contributed by atoms with Gasteiger partial charge in [-0.1, -0.05) is 29.8 Å². The summed E-state index contributed by atoms with van der Waals surface area (Å²) in [6, 6.07) is 14.5. The van der Waals surface area contributed by atoms with Gasteiger partial charge in [0.05, 0.1) is 17.1 Å². The van der Waals surface area contributed by atoms with Crippen molar-refractivity contribution in [1.29, 1.82) is 0 Å². The summed E-state index contributed by atoms with van der Waals surface area (Å²) in [7, 11) is -3.55. The zero-order chi connectivity index (χ0) is 18.1. The number of halogens is 1. The van der Waals surface area contributed by atoms with Gasteiger partial charge in [-0.2, -0.15) is 0 Å². The number of hydrogen-bond donors (Lipinski definition) is 1. The molecule has 0 fully saturated rings. The lowest BCUT2D eigenvalue weighted by atomic mass is 10.2. The Bertz CT molecular complexity index is 1030. The van der Waals surface area contributed by atoms with E-state index in [0.717, 1.165) is 28.2 Å². The van der Waals surface area contributed by atoms with Gasteiger partial charge in [-0.15, -0.1) is 11.3 Å². The van der Waals surface area contributed by atoms with Gasteiger partial charge in [-0.05, 0) is 42.3 Å². The molecule has 0 radical (unpaired) electrons. The maximum absolute atomic E-state index is 13.0. The molecular formula is C18H16ClN3O2S2. The summed E-state index contributed by atoms with van der Waals surface area (Å²) < 4.78 is 27.9. The van der Waals surface area contributed by atoms with Crippen molar-refractivity contribution in [1.82, 2.24) is 4.98 Å². The predicted molar refractivity (Wildman–Crippen MR) is 106 cm³/mol. The fraction of sp³-hybridized carbons (Fsp3) is 0.167. The van der Waals surface area contributed by atoms with Crippen LogP contribution in [0.15, 0.2) is 59.6 Å². The Hall–Kier alpha value is -2.09. The Kier molecular flexibility index (Phi) is 4.60. The standard InChI is InChI=1S/C18H16ClN3O2S2/c19-18-21-12-15(25-18)11-20-14-5-7-16(8-6-14)26(23,24)22-10-9-13-3-1-2-4-17(13)22/h1-8,12,20H,9-11H2. The third-order valence-electron chi connectivity index (χ3n) is 4.28. The highest BCUT2D eigenvalue weighted by atomic mass is 35.5. The average Bonchev–Trinajstić information content (AvgIpc) is 3.26. The molecule has 134 valence electrons. The normalized spacial score (nSPS) is 13.7. The fourth-order valence-electron chi connectivity index (χ4n) is 2.98. The summed E-state index contributed by atoms with van der Waals surface area (Å²) in [4.78, 5) is 5.30. The quantitative estimate of drug-likeness (QED) is 0.692. The van der Waals surface area contributed by atoms with Crippen LogP contribution in [-0.4, -0.2) is 19.9 Å². The SMILES string of the molecule is O=S(=O)(c1ccc(NCc2cnc(Cl)s2)cc1)N1CCc2ccccc21. The number of fused-ring (bicyclic) bond motifs is 1. The van der Waals surface area contributed by atoms with Crippen molar-refractivity contribution in [2.45, 2.75) is 17.9 Å². The molecule has 5 nitrogen and oxygen atoms in total. The van der Waals surface area contributed by atoms with Gasteiger partial charge < -0.3 is 5.32 Å². The number of rotatable bonds is 5. The van der Waals surface area contributed by atoms with Crippen LogP contribution in [0.2, 0.25) is 4.47 Å². The lowest BCUT2D eigenvalue weighted by Gasteiger charge is -2.19. The van der Waals surface area contributed by atoms with Gasteiger partial charge >= 0.3 is 0 Å². The zero-order valence-corrected chi connectivity index (χ0v) is 16.1. The molecule has 4 rings (SSSR count). The van der Waals surface area contributed by atoms with Crippen LogP contribution in [0.25, 0.3) is 0 Å². The van der Waals surface area contributed by atoms with Gasteiger partial charge in [-0.25, -0.2) is 13.4 Å². The molecule has 2 aromatic carbocycles. The van der Waals surface area contributed by atoms with Crippen molar-refractivity contribution in [3.63, 3.8) is 0 Å². The molecule has 1 aromatic heterocycles. The van der Waals surface area contributed by atoms with E-state index in [9.17, 15) is 8.42 Å². The van der Waals surface area contributed by atoms with E-state index >= 15 is 0 Å². The van der Waals surface area contributed by atoms with E-state index in [1.54, 1.807) is 30.5 Å². The first-order valence-corrected chi connectivity index (χ1v) is 10.7. The van der Waals surface area contributed by atoms with Gasteiger partial charge in [0.15, 0.2) is 4.47 Å². The number of para-hydroxylation sites is 1. The molecule has 0 spiro atoms. The maximum atomic E-state index is 13.0. The summed E-state index contributed by atoms with van der Waals surface area (Å²) in [6.07, 6.45) is 2.47. The van der Waals surface area contributed by atoms with Crippen LogP contribution in [0.1, 0.15) is 10.4 Å². The first-order chi connectivity index (χ1) is 12.5. The molecule has 0 atom stereocenters. The minimum atomic E-state index is -3.55. The third kappa shape index (κ3) is 3.30. The molecule has 26 heavy (non-hydrogen) atoms. The number of benzene rings is 2. The molecule has 0 unspecified atom stereocenters. The molecule has 0 amide bonds. The molecule has 0 saturated heterocycles. The number of sulfonamides is 1. The first kappa shape index (κ1) is 17.3. The molecule has 3 aromatic rings. The second-order valence-corrected chi connectivity index (χ2v) is 9.47. The van der Waals surface area contributed by atoms with Crippen LogP contribution < -0.4 is 9.62 Å². The van der Waals surface area contributed by atoms with Crippen LogP contribution in [0.3, 0.4) is 0 Å². The Labute approximate surface area is 161 Å².